The lowest BCUT2D eigenvalue weighted by atomic mass is 9.98. The molecule has 0 aliphatic rings. The number of aromatic nitrogens is 2. The largest absolute Gasteiger partial charge is 0.313 e. The molecule has 3 nitrogen and oxygen atoms in total. The van der Waals surface area contributed by atoms with Crippen LogP contribution in [0.4, 0.5) is 4.39 Å². The summed E-state index contributed by atoms with van der Waals surface area (Å²) in [7, 11) is 3.77. The minimum absolute atomic E-state index is 0.0200. The van der Waals surface area contributed by atoms with Crippen molar-refractivity contribution in [2.45, 2.75) is 25.8 Å². The lowest BCUT2D eigenvalue weighted by molar-refractivity contribution is 0.551. The van der Waals surface area contributed by atoms with E-state index >= 15 is 0 Å². The van der Waals surface area contributed by atoms with Crippen LogP contribution in [0.25, 0.3) is 0 Å². The monoisotopic (exact) mass is 295 g/mol. The summed E-state index contributed by atoms with van der Waals surface area (Å²) in [6.45, 7) is 2.07. The highest BCUT2D eigenvalue weighted by atomic mass is 35.5. The number of benzene rings is 1. The fourth-order valence-corrected chi connectivity index (χ4v) is 2.61. The molecule has 0 fully saturated rings. The highest BCUT2D eigenvalue weighted by Gasteiger charge is 2.19. The van der Waals surface area contributed by atoms with Crippen LogP contribution in [0, 0.1) is 5.82 Å². The van der Waals surface area contributed by atoms with Crippen LogP contribution < -0.4 is 5.32 Å². The maximum atomic E-state index is 14.0. The van der Waals surface area contributed by atoms with Crippen molar-refractivity contribution in [3.63, 3.8) is 0 Å². The van der Waals surface area contributed by atoms with Crippen LogP contribution in [0.15, 0.2) is 24.4 Å². The predicted molar refractivity (Wildman–Crippen MR) is 79.5 cm³/mol. The lowest BCUT2D eigenvalue weighted by Gasteiger charge is -2.17. The van der Waals surface area contributed by atoms with E-state index in [1.54, 1.807) is 22.9 Å². The van der Waals surface area contributed by atoms with Crippen LogP contribution >= 0.6 is 11.6 Å². The van der Waals surface area contributed by atoms with Gasteiger partial charge < -0.3 is 5.32 Å². The van der Waals surface area contributed by atoms with E-state index in [0.29, 0.717) is 12.0 Å². The molecule has 0 amide bonds. The maximum absolute atomic E-state index is 14.0. The molecule has 0 aliphatic heterocycles. The van der Waals surface area contributed by atoms with Crippen molar-refractivity contribution in [1.82, 2.24) is 15.1 Å². The third kappa shape index (κ3) is 3.02. The van der Waals surface area contributed by atoms with Crippen molar-refractivity contribution in [2.24, 2.45) is 7.05 Å². The molecule has 1 heterocycles. The number of aryl methyl sites for hydroxylation is 2. The Kier molecular flexibility index (Phi) is 4.78. The van der Waals surface area contributed by atoms with Gasteiger partial charge in [-0.1, -0.05) is 30.7 Å². The summed E-state index contributed by atoms with van der Waals surface area (Å²) < 4.78 is 15.8. The van der Waals surface area contributed by atoms with Crippen LogP contribution in [0.2, 0.25) is 5.02 Å². The number of hydrogen-bond acceptors (Lipinski definition) is 2. The Morgan fingerprint density at radius 1 is 1.45 bits per heavy atom. The molecule has 0 saturated carbocycles. The summed E-state index contributed by atoms with van der Waals surface area (Å²) in [6, 6.07) is 5.13. The van der Waals surface area contributed by atoms with Crippen LogP contribution in [0.1, 0.15) is 29.8 Å². The third-order valence-corrected chi connectivity index (χ3v) is 3.74. The molecular weight excluding hydrogens is 277 g/mol. The van der Waals surface area contributed by atoms with Gasteiger partial charge in [0.05, 0.1) is 10.7 Å². The van der Waals surface area contributed by atoms with Gasteiger partial charge in [-0.2, -0.15) is 5.10 Å². The molecule has 1 N–H and O–H groups in total. The molecule has 0 saturated heterocycles. The van der Waals surface area contributed by atoms with Crippen molar-refractivity contribution in [3.8, 4) is 0 Å². The SMILES string of the molecule is CCc1nn(C)cc1C(Cc1cccc(Cl)c1F)NC. The molecule has 108 valence electrons. The van der Waals surface area contributed by atoms with Crippen LogP contribution in [0.5, 0.6) is 0 Å². The molecule has 5 heteroatoms. The van der Waals surface area contributed by atoms with Crippen molar-refractivity contribution in [3.05, 3.63) is 52.1 Å². The third-order valence-electron chi connectivity index (χ3n) is 3.45. The minimum Gasteiger partial charge on any atom is -0.313 e. The Labute approximate surface area is 123 Å². The lowest BCUT2D eigenvalue weighted by Crippen LogP contribution is -2.20. The van der Waals surface area contributed by atoms with E-state index in [1.807, 2.05) is 20.3 Å². The fourth-order valence-electron chi connectivity index (χ4n) is 2.41. The van der Waals surface area contributed by atoms with E-state index in [1.165, 1.54) is 0 Å². The number of likely N-dealkylation sites (N-methyl/N-ethyl adjacent to an activating group) is 1. The molecule has 2 aromatic rings. The second-order valence-electron chi connectivity index (χ2n) is 4.82. The molecule has 1 aromatic heterocycles. The Balaban J connectivity index is 2.31. The summed E-state index contributed by atoms with van der Waals surface area (Å²) in [6.07, 6.45) is 3.39. The van der Waals surface area contributed by atoms with Gasteiger partial charge in [0.25, 0.3) is 0 Å². The van der Waals surface area contributed by atoms with Gasteiger partial charge in [-0.15, -0.1) is 0 Å². The van der Waals surface area contributed by atoms with E-state index in [9.17, 15) is 4.39 Å². The highest BCUT2D eigenvalue weighted by molar-refractivity contribution is 6.30. The van der Waals surface area contributed by atoms with Gasteiger partial charge >= 0.3 is 0 Å². The maximum Gasteiger partial charge on any atom is 0.145 e. The molecule has 2 rings (SSSR count). The first-order valence-electron chi connectivity index (χ1n) is 6.69. The Hall–Kier alpha value is -1.39. The van der Waals surface area contributed by atoms with Crippen molar-refractivity contribution in [2.75, 3.05) is 7.05 Å². The van der Waals surface area contributed by atoms with Gasteiger partial charge in [0.2, 0.25) is 0 Å². The first-order chi connectivity index (χ1) is 9.56. The second-order valence-corrected chi connectivity index (χ2v) is 5.22. The zero-order valence-corrected chi connectivity index (χ0v) is 12.7. The van der Waals surface area contributed by atoms with Crippen molar-refractivity contribution >= 4 is 11.6 Å². The quantitative estimate of drug-likeness (QED) is 0.917. The zero-order chi connectivity index (χ0) is 14.7. The summed E-state index contributed by atoms with van der Waals surface area (Å²) in [5.41, 5.74) is 2.76. The van der Waals surface area contributed by atoms with E-state index in [-0.39, 0.29) is 16.9 Å². The van der Waals surface area contributed by atoms with Gasteiger partial charge in [-0.3, -0.25) is 4.68 Å². The van der Waals surface area contributed by atoms with E-state index in [4.69, 9.17) is 11.6 Å². The number of halogens is 2. The molecule has 0 bridgehead atoms. The molecule has 1 aromatic carbocycles. The summed E-state index contributed by atoms with van der Waals surface area (Å²) in [5.74, 6) is -0.337. The standard InChI is InChI=1S/C15H19ClFN3/c1-4-13-11(9-20(3)19-13)14(18-2)8-10-6-5-7-12(16)15(10)17/h5-7,9,14,18H,4,8H2,1-3H3. The van der Waals surface area contributed by atoms with Gasteiger partial charge in [0, 0.05) is 24.8 Å². The molecule has 0 aliphatic carbocycles. The summed E-state index contributed by atoms with van der Waals surface area (Å²) >= 11 is 5.84. The Morgan fingerprint density at radius 3 is 2.85 bits per heavy atom. The number of hydrogen-bond donors (Lipinski definition) is 1. The van der Waals surface area contributed by atoms with E-state index in [0.717, 1.165) is 17.7 Å². The van der Waals surface area contributed by atoms with E-state index in [2.05, 4.69) is 17.3 Å². The first-order valence-corrected chi connectivity index (χ1v) is 7.07. The molecular formula is C15H19ClFN3. The van der Waals surface area contributed by atoms with E-state index < -0.39 is 0 Å². The second kappa shape index (κ2) is 6.37. The molecule has 0 spiro atoms. The average molecular weight is 296 g/mol. The minimum atomic E-state index is -0.337. The van der Waals surface area contributed by atoms with Crippen LogP contribution in [-0.4, -0.2) is 16.8 Å². The smallest absolute Gasteiger partial charge is 0.145 e. The van der Waals surface area contributed by atoms with Gasteiger partial charge in [0.1, 0.15) is 5.82 Å². The number of rotatable bonds is 5. The Bertz CT molecular complexity index is 595. The Morgan fingerprint density at radius 2 is 2.20 bits per heavy atom. The fraction of sp³-hybridized carbons (Fsp3) is 0.400. The average Bonchev–Trinajstić information content (AvgIpc) is 2.81. The normalized spacial score (nSPS) is 12.7. The molecule has 20 heavy (non-hydrogen) atoms. The van der Waals surface area contributed by atoms with Crippen LogP contribution in [-0.2, 0) is 19.9 Å². The van der Waals surface area contributed by atoms with Crippen molar-refractivity contribution in [1.29, 1.82) is 0 Å². The molecule has 1 unspecified atom stereocenters. The summed E-state index contributed by atoms with van der Waals surface area (Å²) in [4.78, 5) is 0. The predicted octanol–water partition coefficient (Wildman–Crippen LogP) is 3.28. The topological polar surface area (TPSA) is 29.9 Å². The van der Waals surface area contributed by atoms with Gasteiger partial charge in [0.15, 0.2) is 0 Å². The van der Waals surface area contributed by atoms with Gasteiger partial charge in [-0.05, 0) is 31.5 Å². The highest BCUT2D eigenvalue weighted by Crippen LogP contribution is 2.25. The van der Waals surface area contributed by atoms with Crippen LogP contribution in [0.3, 0.4) is 0 Å². The summed E-state index contributed by atoms with van der Waals surface area (Å²) in [5, 5.41) is 7.84. The zero-order valence-electron chi connectivity index (χ0n) is 12.0. The first kappa shape index (κ1) is 15.0. The van der Waals surface area contributed by atoms with Gasteiger partial charge in [-0.25, -0.2) is 4.39 Å². The number of nitrogens with one attached hydrogen (secondary N) is 1. The molecule has 1 atom stereocenters. The number of nitrogens with zero attached hydrogens (tertiary/aromatic N) is 2. The molecule has 0 radical (unpaired) electrons. The van der Waals surface area contributed by atoms with Crippen molar-refractivity contribution < 1.29 is 4.39 Å².